The number of fused-ring (bicyclic) bond motifs is 1. The molecule has 6 nitrogen and oxygen atoms in total. The van der Waals surface area contributed by atoms with Crippen LogP contribution in [-0.4, -0.2) is 27.2 Å². The monoisotopic (exact) mass is 353 g/mol. The topological polar surface area (TPSA) is 63.1 Å². The van der Waals surface area contributed by atoms with E-state index >= 15 is 0 Å². The molecule has 2 aliphatic rings. The summed E-state index contributed by atoms with van der Waals surface area (Å²) in [6.45, 7) is 7.25. The maximum absolute atomic E-state index is 12.2. The van der Waals surface area contributed by atoms with Crippen molar-refractivity contribution in [3.8, 4) is 0 Å². The standard InChI is InChI=1S/C20H27N5O/c1-14-9-18(10-15(2)22-14)24-7-8-25-19(13-24)11-17(23-25)12-21-20(26)16-5-3-4-6-16/h9-11,16H,3-8,12-13H2,1-2H3,(H,21,26). The molecule has 1 amide bonds. The van der Waals surface area contributed by atoms with Crippen LogP contribution in [0.3, 0.4) is 0 Å². The first kappa shape index (κ1) is 17.1. The number of nitrogens with zero attached hydrogens (tertiary/aromatic N) is 4. The molecule has 0 saturated heterocycles. The van der Waals surface area contributed by atoms with Crippen LogP contribution in [0.15, 0.2) is 18.2 Å². The predicted octanol–water partition coefficient (Wildman–Crippen LogP) is 2.72. The Morgan fingerprint density at radius 1 is 1.15 bits per heavy atom. The van der Waals surface area contributed by atoms with Gasteiger partial charge in [0.05, 0.1) is 31.0 Å². The third kappa shape index (κ3) is 3.59. The first-order valence-electron chi connectivity index (χ1n) is 9.62. The Morgan fingerprint density at radius 2 is 1.88 bits per heavy atom. The number of carbonyl (C=O) groups excluding carboxylic acids is 1. The largest absolute Gasteiger partial charge is 0.364 e. The summed E-state index contributed by atoms with van der Waals surface area (Å²) in [5.41, 5.74) is 5.48. The lowest BCUT2D eigenvalue weighted by molar-refractivity contribution is -0.124. The van der Waals surface area contributed by atoms with E-state index in [0.29, 0.717) is 6.54 Å². The second-order valence-electron chi connectivity index (χ2n) is 7.58. The molecule has 0 aromatic carbocycles. The first-order valence-corrected chi connectivity index (χ1v) is 9.62. The van der Waals surface area contributed by atoms with Gasteiger partial charge in [-0.05, 0) is 44.9 Å². The van der Waals surface area contributed by atoms with Crippen LogP contribution in [0, 0.1) is 19.8 Å². The lowest BCUT2D eigenvalue weighted by Crippen LogP contribution is -2.34. The Hall–Kier alpha value is -2.37. The summed E-state index contributed by atoms with van der Waals surface area (Å²) >= 11 is 0. The van der Waals surface area contributed by atoms with Crippen LogP contribution < -0.4 is 10.2 Å². The van der Waals surface area contributed by atoms with Crippen molar-refractivity contribution < 1.29 is 4.79 Å². The average molecular weight is 353 g/mol. The van der Waals surface area contributed by atoms with Crippen molar-refractivity contribution in [2.24, 2.45) is 5.92 Å². The lowest BCUT2D eigenvalue weighted by atomic mass is 10.1. The van der Waals surface area contributed by atoms with E-state index < -0.39 is 0 Å². The molecule has 1 N–H and O–H groups in total. The van der Waals surface area contributed by atoms with Gasteiger partial charge in [0.1, 0.15) is 0 Å². The van der Waals surface area contributed by atoms with E-state index in [1.165, 1.54) is 24.2 Å². The molecule has 1 aliphatic carbocycles. The third-order valence-corrected chi connectivity index (χ3v) is 5.45. The highest BCUT2D eigenvalue weighted by molar-refractivity contribution is 5.78. The maximum Gasteiger partial charge on any atom is 0.223 e. The fourth-order valence-corrected chi connectivity index (χ4v) is 4.14. The highest BCUT2D eigenvalue weighted by Crippen LogP contribution is 2.25. The van der Waals surface area contributed by atoms with Gasteiger partial charge in [-0.2, -0.15) is 5.10 Å². The fourth-order valence-electron chi connectivity index (χ4n) is 4.14. The number of aromatic nitrogens is 3. The lowest BCUT2D eigenvalue weighted by Gasteiger charge is -2.30. The van der Waals surface area contributed by atoms with Gasteiger partial charge in [0.15, 0.2) is 0 Å². The molecule has 26 heavy (non-hydrogen) atoms. The molecular weight excluding hydrogens is 326 g/mol. The van der Waals surface area contributed by atoms with E-state index in [1.54, 1.807) is 0 Å². The molecular formula is C20H27N5O. The van der Waals surface area contributed by atoms with E-state index in [1.807, 2.05) is 13.8 Å². The van der Waals surface area contributed by atoms with Gasteiger partial charge in [0, 0.05) is 29.5 Å². The van der Waals surface area contributed by atoms with Crippen LogP contribution in [0.1, 0.15) is 48.5 Å². The zero-order valence-corrected chi connectivity index (χ0v) is 15.7. The highest BCUT2D eigenvalue weighted by Gasteiger charge is 2.23. The van der Waals surface area contributed by atoms with Crippen LogP contribution in [-0.2, 0) is 24.4 Å². The number of anilines is 1. The number of hydrogen-bond donors (Lipinski definition) is 1. The maximum atomic E-state index is 12.2. The Kier molecular flexibility index (Phi) is 4.66. The highest BCUT2D eigenvalue weighted by atomic mass is 16.1. The summed E-state index contributed by atoms with van der Waals surface area (Å²) < 4.78 is 2.08. The number of rotatable bonds is 4. The Balaban J connectivity index is 1.41. The van der Waals surface area contributed by atoms with Gasteiger partial charge in [-0.25, -0.2) is 0 Å². The number of amides is 1. The van der Waals surface area contributed by atoms with E-state index in [-0.39, 0.29) is 11.8 Å². The number of nitrogens with one attached hydrogen (secondary N) is 1. The molecule has 0 atom stereocenters. The quantitative estimate of drug-likeness (QED) is 0.918. The predicted molar refractivity (Wildman–Crippen MR) is 101 cm³/mol. The van der Waals surface area contributed by atoms with Gasteiger partial charge in [0.2, 0.25) is 5.91 Å². The minimum absolute atomic E-state index is 0.192. The minimum atomic E-state index is 0.192. The summed E-state index contributed by atoms with van der Waals surface area (Å²) in [5.74, 6) is 0.402. The number of aryl methyl sites for hydroxylation is 2. The first-order chi connectivity index (χ1) is 12.6. The SMILES string of the molecule is Cc1cc(N2CCn3nc(CNC(=O)C4CCCC4)cc3C2)cc(C)n1. The smallest absolute Gasteiger partial charge is 0.223 e. The van der Waals surface area contributed by atoms with E-state index in [9.17, 15) is 4.79 Å². The second-order valence-corrected chi connectivity index (χ2v) is 7.58. The minimum Gasteiger partial charge on any atom is -0.364 e. The van der Waals surface area contributed by atoms with Crippen molar-refractivity contribution in [3.05, 3.63) is 41.0 Å². The van der Waals surface area contributed by atoms with E-state index in [4.69, 9.17) is 0 Å². The molecule has 1 saturated carbocycles. The average Bonchev–Trinajstić information content (AvgIpc) is 3.27. The number of pyridine rings is 1. The Labute approximate surface area is 154 Å². The molecule has 0 spiro atoms. The summed E-state index contributed by atoms with van der Waals surface area (Å²) in [6.07, 6.45) is 4.43. The molecule has 1 aliphatic heterocycles. The zero-order valence-electron chi connectivity index (χ0n) is 15.7. The van der Waals surface area contributed by atoms with Crippen molar-refractivity contribution in [2.75, 3.05) is 11.4 Å². The molecule has 2 aromatic rings. The molecule has 0 unspecified atom stereocenters. The van der Waals surface area contributed by atoms with Crippen molar-refractivity contribution >= 4 is 11.6 Å². The fraction of sp³-hybridized carbons (Fsp3) is 0.550. The summed E-state index contributed by atoms with van der Waals surface area (Å²) in [7, 11) is 0. The Morgan fingerprint density at radius 3 is 2.62 bits per heavy atom. The molecule has 138 valence electrons. The van der Waals surface area contributed by atoms with E-state index in [0.717, 1.165) is 49.6 Å². The number of hydrogen-bond acceptors (Lipinski definition) is 4. The number of carbonyl (C=O) groups is 1. The normalized spacial score (nSPS) is 17.4. The van der Waals surface area contributed by atoms with Gasteiger partial charge in [-0.3, -0.25) is 14.5 Å². The second kappa shape index (κ2) is 7.09. The molecule has 2 aromatic heterocycles. The molecule has 0 radical (unpaired) electrons. The van der Waals surface area contributed by atoms with Gasteiger partial charge >= 0.3 is 0 Å². The molecule has 1 fully saturated rings. The van der Waals surface area contributed by atoms with Crippen LogP contribution >= 0.6 is 0 Å². The summed E-state index contributed by atoms with van der Waals surface area (Å²) in [4.78, 5) is 19.0. The third-order valence-electron chi connectivity index (χ3n) is 5.45. The van der Waals surface area contributed by atoms with Gasteiger partial charge in [0.25, 0.3) is 0 Å². The van der Waals surface area contributed by atoms with E-state index in [2.05, 4.69) is 43.2 Å². The van der Waals surface area contributed by atoms with Crippen molar-refractivity contribution in [1.82, 2.24) is 20.1 Å². The van der Waals surface area contributed by atoms with Gasteiger partial charge in [-0.15, -0.1) is 0 Å². The van der Waals surface area contributed by atoms with Crippen LogP contribution in [0.4, 0.5) is 5.69 Å². The van der Waals surface area contributed by atoms with Crippen LogP contribution in [0.5, 0.6) is 0 Å². The molecule has 6 heteroatoms. The van der Waals surface area contributed by atoms with Gasteiger partial charge < -0.3 is 10.2 Å². The zero-order chi connectivity index (χ0) is 18.1. The molecule has 0 bridgehead atoms. The summed E-state index contributed by atoms with van der Waals surface area (Å²) in [6, 6.07) is 6.41. The molecule has 3 heterocycles. The van der Waals surface area contributed by atoms with Crippen LogP contribution in [0.2, 0.25) is 0 Å². The van der Waals surface area contributed by atoms with Crippen molar-refractivity contribution in [2.45, 2.75) is 59.2 Å². The van der Waals surface area contributed by atoms with Gasteiger partial charge in [-0.1, -0.05) is 12.8 Å². The van der Waals surface area contributed by atoms with Crippen molar-refractivity contribution in [3.63, 3.8) is 0 Å². The summed E-state index contributed by atoms with van der Waals surface area (Å²) in [5, 5.41) is 7.75. The van der Waals surface area contributed by atoms with Crippen LogP contribution in [0.25, 0.3) is 0 Å². The van der Waals surface area contributed by atoms with Crippen molar-refractivity contribution in [1.29, 1.82) is 0 Å². The molecule has 4 rings (SSSR count). The Bertz CT molecular complexity index is 786.